The van der Waals surface area contributed by atoms with Crippen LogP contribution in [0.25, 0.3) is 0 Å². The van der Waals surface area contributed by atoms with E-state index in [1.54, 1.807) is 18.4 Å². The highest BCUT2D eigenvalue weighted by molar-refractivity contribution is 7.10. The molecule has 0 aliphatic carbocycles. The summed E-state index contributed by atoms with van der Waals surface area (Å²) in [7, 11) is 1.78. The smallest absolute Gasteiger partial charge is 0.253 e. The number of likely N-dealkylation sites (tertiary alicyclic amines) is 1. The molecular formula is C22H30N4OS. The van der Waals surface area contributed by atoms with E-state index in [4.69, 9.17) is 0 Å². The fourth-order valence-corrected chi connectivity index (χ4v) is 4.16. The van der Waals surface area contributed by atoms with E-state index < -0.39 is 0 Å². The molecule has 0 spiro atoms. The zero-order chi connectivity index (χ0) is 19.8. The molecule has 1 unspecified atom stereocenters. The molecule has 0 bridgehead atoms. The summed E-state index contributed by atoms with van der Waals surface area (Å²) in [6, 6.07) is 12.2. The highest BCUT2D eigenvalue weighted by atomic mass is 32.1. The Balaban J connectivity index is 1.47. The molecule has 150 valence electrons. The SMILES string of the molecule is CN=C(NCc1ccc(C(=O)N2CCCCC2)cc1)NCC(C)c1cccs1. The first-order valence-corrected chi connectivity index (χ1v) is 10.9. The van der Waals surface area contributed by atoms with Crippen molar-refractivity contribution in [3.8, 4) is 0 Å². The van der Waals surface area contributed by atoms with Gasteiger partial charge in [0.1, 0.15) is 0 Å². The number of carbonyl (C=O) groups excluding carboxylic acids is 1. The van der Waals surface area contributed by atoms with Gasteiger partial charge in [-0.1, -0.05) is 25.1 Å². The predicted octanol–water partition coefficient (Wildman–Crippen LogP) is 3.84. The number of guanidine groups is 1. The summed E-state index contributed by atoms with van der Waals surface area (Å²) >= 11 is 1.78. The van der Waals surface area contributed by atoms with Crippen molar-refractivity contribution < 1.29 is 4.79 Å². The number of nitrogens with zero attached hydrogens (tertiary/aromatic N) is 2. The maximum absolute atomic E-state index is 12.6. The van der Waals surface area contributed by atoms with E-state index in [-0.39, 0.29) is 5.91 Å². The van der Waals surface area contributed by atoms with Gasteiger partial charge in [0.25, 0.3) is 5.91 Å². The lowest BCUT2D eigenvalue weighted by Crippen LogP contribution is -2.38. The molecule has 5 nitrogen and oxygen atoms in total. The summed E-state index contributed by atoms with van der Waals surface area (Å²) in [5.41, 5.74) is 1.90. The van der Waals surface area contributed by atoms with Crippen LogP contribution in [0.3, 0.4) is 0 Å². The number of rotatable bonds is 6. The second-order valence-electron chi connectivity index (χ2n) is 7.27. The monoisotopic (exact) mass is 398 g/mol. The molecule has 2 N–H and O–H groups in total. The number of hydrogen-bond acceptors (Lipinski definition) is 3. The van der Waals surface area contributed by atoms with Gasteiger partial charge in [-0.05, 0) is 48.4 Å². The van der Waals surface area contributed by atoms with Crippen LogP contribution >= 0.6 is 11.3 Å². The van der Waals surface area contributed by atoms with E-state index in [9.17, 15) is 4.79 Å². The number of hydrogen-bond donors (Lipinski definition) is 2. The van der Waals surface area contributed by atoms with E-state index in [1.165, 1.54) is 11.3 Å². The zero-order valence-corrected chi connectivity index (χ0v) is 17.6. The van der Waals surface area contributed by atoms with Crippen LogP contribution in [0.15, 0.2) is 46.8 Å². The van der Waals surface area contributed by atoms with E-state index >= 15 is 0 Å². The number of piperidine rings is 1. The van der Waals surface area contributed by atoms with Gasteiger partial charge in [-0.2, -0.15) is 0 Å². The Morgan fingerprint density at radius 2 is 1.89 bits per heavy atom. The van der Waals surface area contributed by atoms with Crippen molar-refractivity contribution in [1.82, 2.24) is 15.5 Å². The van der Waals surface area contributed by atoms with Crippen molar-refractivity contribution in [2.24, 2.45) is 4.99 Å². The molecule has 1 aromatic heterocycles. The highest BCUT2D eigenvalue weighted by Crippen LogP contribution is 2.19. The summed E-state index contributed by atoms with van der Waals surface area (Å²) < 4.78 is 0. The quantitative estimate of drug-likeness (QED) is 0.574. The molecule has 2 aromatic rings. The molecule has 0 saturated carbocycles. The standard InChI is InChI=1S/C22H30N4OS/c1-17(20-7-6-14-28-20)15-24-22(23-2)25-16-18-8-10-19(11-9-18)21(27)26-12-4-3-5-13-26/h6-11,14,17H,3-5,12-13,15-16H2,1-2H3,(H2,23,24,25). The lowest BCUT2D eigenvalue weighted by atomic mass is 10.1. The van der Waals surface area contributed by atoms with Gasteiger partial charge in [0.15, 0.2) is 5.96 Å². The summed E-state index contributed by atoms with van der Waals surface area (Å²) in [4.78, 5) is 20.2. The van der Waals surface area contributed by atoms with Crippen LogP contribution < -0.4 is 10.6 Å². The number of carbonyl (C=O) groups is 1. The molecule has 1 aromatic carbocycles. The molecule has 28 heavy (non-hydrogen) atoms. The summed E-state index contributed by atoms with van der Waals surface area (Å²) in [5.74, 6) is 1.38. The molecule has 1 aliphatic rings. The molecule has 1 aliphatic heterocycles. The van der Waals surface area contributed by atoms with Crippen LogP contribution in [0.5, 0.6) is 0 Å². The van der Waals surface area contributed by atoms with Gasteiger partial charge in [0.2, 0.25) is 0 Å². The minimum atomic E-state index is 0.152. The van der Waals surface area contributed by atoms with E-state index in [2.05, 4.69) is 40.1 Å². The normalized spacial score (nSPS) is 15.9. The molecular weight excluding hydrogens is 368 g/mol. The largest absolute Gasteiger partial charge is 0.356 e. The third-order valence-electron chi connectivity index (χ3n) is 5.13. The number of thiophene rings is 1. The number of aliphatic imine (C=N–C) groups is 1. The fraction of sp³-hybridized carbons (Fsp3) is 0.455. The van der Waals surface area contributed by atoms with Crippen molar-refractivity contribution in [1.29, 1.82) is 0 Å². The molecule has 3 rings (SSSR count). The first kappa shape index (κ1) is 20.4. The van der Waals surface area contributed by atoms with E-state index in [0.717, 1.165) is 49.6 Å². The summed E-state index contributed by atoms with van der Waals surface area (Å²) in [6.45, 7) is 5.49. The Hall–Kier alpha value is -2.34. The van der Waals surface area contributed by atoms with Crippen LogP contribution in [0, 0.1) is 0 Å². The van der Waals surface area contributed by atoms with Crippen molar-refractivity contribution >= 4 is 23.2 Å². The van der Waals surface area contributed by atoms with E-state index in [1.807, 2.05) is 29.2 Å². The third kappa shape index (κ3) is 5.58. The maximum Gasteiger partial charge on any atom is 0.253 e. The molecule has 1 atom stereocenters. The Kier molecular flexibility index (Phi) is 7.48. The average molecular weight is 399 g/mol. The second kappa shape index (κ2) is 10.3. The minimum Gasteiger partial charge on any atom is -0.356 e. The van der Waals surface area contributed by atoms with Gasteiger partial charge in [0, 0.05) is 49.6 Å². The average Bonchev–Trinajstić information content (AvgIpc) is 3.29. The lowest BCUT2D eigenvalue weighted by molar-refractivity contribution is 0.0724. The van der Waals surface area contributed by atoms with Gasteiger partial charge >= 0.3 is 0 Å². The number of nitrogens with one attached hydrogen (secondary N) is 2. The van der Waals surface area contributed by atoms with Crippen LogP contribution in [0.4, 0.5) is 0 Å². The molecule has 1 saturated heterocycles. The van der Waals surface area contributed by atoms with Crippen molar-refractivity contribution in [3.63, 3.8) is 0 Å². The number of benzene rings is 1. The Bertz CT molecular complexity index is 764. The Labute approximate surface area is 171 Å². The third-order valence-corrected chi connectivity index (χ3v) is 6.24. The first-order valence-electron chi connectivity index (χ1n) is 10.0. The van der Waals surface area contributed by atoms with Gasteiger partial charge in [-0.25, -0.2) is 0 Å². The zero-order valence-electron chi connectivity index (χ0n) is 16.8. The van der Waals surface area contributed by atoms with Crippen molar-refractivity contribution in [2.75, 3.05) is 26.7 Å². The number of amides is 1. The highest BCUT2D eigenvalue weighted by Gasteiger charge is 2.17. The summed E-state index contributed by atoms with van der Waals surface area (Å²) in [6.07, 6.45) is 3.46. The van der Waals surface area contributed by atoms with Crippen molar-refractivity contribution in [3.05, 3.63) is 57.8 Å². The topological polar surface area (TPSA) is 56.7 Å². The van der Waals surface area contributed by atoms with Crippen LogP contribution in [-0.4, -0.2) is 43.4 Å². The summed E-state index contributed by atoms with van der Waals surface area (Å²) in [5, 5.41) is 8.84. The van der Waals surface area contributed by atoms with Crippen LogP contribution in [0.2, 0.25) is 0 Å². The Morgan fingerprint density at radius 1 is 1.14 bits per heavy atom. The lowest BCUT2D eigenvalue weighted by Gasteiger charge is -2.26. The molecule has 1 amide bonds. The van der Waals surface area contributed by atoms with E-state index in [0.29, 0.717) is 12.5 Å². The molecule has 2 heterocycles. The minimum absolute atomic E-state index is 0.152. The van der Waals surface area contributed by atoms with Gasteiger partial charge in [0.05, 0.1) is 0 Å². The fourth-order valence-electron chi connectivity index (χ4n) is 3.37. The van der Waals surface area contributed by atoms with Crippen LogP contribution in [0.1, 0.15) is 52.9 Å². The molecule has 6 heteroatoms. The first-order chi connectivity index (χ1) is 13.7. The second-order valence-corrected chi connectivity index (χ2v) is 8.25. The maximum atomic E-state index is 12.6. The Morgan fingerprint density at radius 3 is 2.54 bits per heavy atom. The van der Waals surface area contributed by atoms with Gasteiger partial charge in [-0.3, -0.25) is 9.79 Å². The molecule has 0 radical (unpaired) electrons. The molecule has 1 fully saturated rings. The van der Waals surface area contributed by atoms with Gasteiger partial charge < -0.3 is 15.5 Å². The van der Waals surface area contributed by atoms with Gasteiger partial charge in [-0.15, -0.1) is 11.3 Å². The van der Waals surface area contributed by atoms with Crippen molar-refractivity contribution in [2.45, 2.75) is 38.6 Å². The van der Waals surface area contributed by atoms with Crippen LogP contribution in [-0.2, 0) is 6.54 Å². The predicted molar refractivity (Wildman–Crippen MR) is 117 cm³/mol.